The van der Waals surface area contributed by atoms with Gasteiger partial charge in [-0.05, 0) is 12.2 Å². The van der Waals surface area contributed by atoms with Crippen molar-refractivity contribution in [2.75, 3.05) is 36.9 Å². The van der Waals surface area contributed by atoms with Crippen LogP contribution in [-0.4, -0.2) is 55.7 Å². The van der Waals surface area contributed by atoms with Crippen molar-refractivity contribution >= 4 is 21.8 Å². The van der Waals surface area contributed by atoms with Crippen molar-refractivity contribution in [1.82, 2.24) is 9.62 Å². The van der Waals surface area contributed by atoms with Crippen LogP contribution in [0.2, 0.25) is 0 Å². The van der Waals surface area contributed by atoms with Crippen LogP contribution in [0.15, 0.2) is 0 Å². The van der Waals surface area contributed by atoms with Crippen molar-refractivity contribution in [3.8, 4) is 0 Å². The summed E-state index contributed by atoms with van der Waals surface area (Å²) in [6.07, 6.45) is 1.02. The molecule has 14 heavy (non-hydrogen) atoms. The van der Waals surface area contributed by atoms with Crippen molar-refractivity contribution in [2.24, 2.45) is 0 Å². The fourth-order valence-electron chi connectivity index (χ4n) is 1.93. The Bertz CT molecular complexity index is 286. The molecule has 1 unspecified atom stereocenters. The zero-order valence-electron chi connectivity index (χ0n) is 8.11. The van der Waals surface area contributed by atoms with E-state index in [1.165, 1.54) is 0 Å². The average Bonchev–Trinajstić information content (AvgIpc) is 2.57. The molecule has 4 nitrogen and oxygen atoms in total. The second-order valence-electron chi connectivity index (χ2n) is 3.69. The van der Waals surface area contributed by atoms with Crippen LogP contribution >= 0.6 is 11.8 Å². The average molecular weight is 236 g/mol. The Morgan fingerprint density at radius 3 is 2.93 bits per heavy atom. The van der Waals surface area contributed by atoms with Gasteiger partial charge in [-0.2, -0.15) is 16.1 Å². The van der Waals surface area contributed by atoms with Crippen LogP contribution in [0.5, 0.6) is 0 Å². The Morgan fingerprint density at radius 2 is 2.21 bits per heavy atom. The van der Waals surface area contributed by atoms with Gasteiger partial charge in [0.2, 0.25) is 10.0 Å². The summed E-state index contributed by atoms with van der Waals surface area (Å²) >= 11 is 1.86. The fourth-order valence-corrected chi connectivity index (χ4v) is 4.89. The van der Waals surface area contributed by atoms with E-state index in [1.54, 1.807) is 4.31 Å². The van der Waals surface area contributed by atoms with Gasteiger partial charge >= 0.3 is 0 Å². The summed E-state index contributed by atoms with van der Waals surface area (Å²) in [5, 5.41) is 3.13. The first kappa shape index (κ1) is 10.7. The predicted molar refractivity (Wildman–Crippen MR) is 59.1 cm³/mol. The second kappa shape index (κ2) is 4.38. The Labute approximate surface area is 89.5 Å². The molecule has 1 N–H and O–H groups in total. The Morgan fingerprint density at radius 1 is 1.36 bits per heavy atom. The molecule has 2 saturated heterocycles. The zero-order chi connectivity index (χ0) is 10.0. The molecule has 0 spiro atoms. The highest BCUT2D eigenvalue weighted by Gasteiger charge is 2.32. The summed E-state index contributed by atoms with van der Waals surface area (Å²) in [7, 11) is -2.99. The van der Waals surface area contributed by atoms with Crippen molar-refractivity contribution in [3.63, 3.8) is 0 Å². The minimum absolute atomic E-state index is 0.255. The Hall–Kier alpha value is 0.220. The van der Waals surface area contributed by atoms with Crippen molar-refractivity contribution < 1.29 is 8.42 Å². The molecule has 0 amide bonds. The van der Waals surface area contributed by atoms with Gasteiger partial charge < -0.3 is 5.32 Å². The van der Waals surface area contributed by atoms with Gasteiger partial charge in [0.05, 0.1) is 5.75 Å². The summed E-state index contributed by atoms with van der Waals surface area (Å²) < 4.78 is 25.4. The molecule has 0 radical (unpaired) electrons. The molecule has 0 aromatic heterocycles. The highest BCUT2D eigenvalue weighted by Crippen LogP contribution is 2.24. The van der Waals surface area contributed by atoms with Gasteiger partial charge in [-0.1, -0.05) is 0 Å². The van der Waals surface area contributed by atoms with Gasteiger partial charge in [-0.3, -0.25) is 0 Å². The lowest BCUT2D eigenvalue weighted by atomic mass is 10.2. The molecule has 1 atom stereocenters. The Balaban J connectivity index is 2.12. The van der Waals surface area contributed by atoms with E-state index in [9.17, 15) is 8.42 Å². The van der Waals surface area contributed by atoms with Crippen LogP contribution < -0.4 is 5.32 Å². The first-order valence-corrected chi connectivity index (χ1v) is 7.74. The summed E-state index contributed by atoms with van der Waals surface area (Å²) in [6.45, 7) is 2.03. The fraction of sp³-hybridized carbons (Fsp3) is 1.00. The predicted octanol–water partition coefficient (Wildman–Crippen LogP) is -0.273. The molecule has 2 aliphatic rings. The second-order valence-corrected chi connectivity index (χ2v) is 6.89. The SMILES string of the molecule is O=S1(=O)CCNCCN1C1CCSC1. The number of hydrogen-bond acceptors (Lipinski definition) is 4. The monoisotopic (exact) mass is 236 g/mol. The van der Waals surface area contributed by atoms with Crippen LogP contribution in [0.25, 0.3) is 0 Å². The molecule has 6 heteroatoms. The number of sulfonamides is 1. The highest BCUT2D eigenvalue weighted by atomic mass is 32.2. The van der Waals surface area contributed by atoms with E-state index in [0.717, 1.165) is 24.5 Å². The van der Waals surface area contributed by atoms with E-state index in [0.29, 0.717) is 13.1 Å². The van der Waals surface area contributed by atoms with Gasteiger partial charge in [-0.15, -0.1) is 0 Å². The number of nitrogens with one attached hydrogen (secondary N) is 1. The normalized spacial score (nSPS) is 34.1. The van der Waals surface area contributed by atoms with Gasteiger partial charge in [-0.25, -0.2) is 8.42 Å². The molecule has 2 heterocycles. The van der Waals surface area contributed by atoms with E-state index >= 15 is 0 Å². The molecule has 0 saturated carbocycles. The van der Waals surface area contributed by atoms with Crippen molar-refractivity contribution in [2.45, 2.75) is 12.5 Å². The topological polar surface area (TPSA) is 49.4 Å². The smallest absolute Gasteiger partial charge is 0.215 e. The third-order valence-corrected chi connectivity index (χ3v) is 5.78. The molecule has 82 valence electrons. The molecule has 2 rings (SSSR count). The van der Waals surface area contributed by atoms with E-state index in [2.05, 4.69) is 5.32 Å². The van der Waals surface area contributed by atoms with E-state index in [1.807, 2.05) is 11.8 Å². The van der Waals surface area contributed by atoms with Gasteiger partial charge in [0.1, 0.15) is 0 Å². The van der Waals surface area contributed by atoms with Crippen LogP contribution in [0.4, 0.5) is 0 Å². The van der Waals surface area contributed by atoms with Crippen molar-refractivity contribution in [3.05, 3.63) is 0 Å². The molecule has 0 aliphatic carbocycles. The molecular formula is C8H16N2O2S2. The minimum atomic E-state index is -2.99. The molecule has 0 aromatic rings. The van der Waals surface area contributed by atoms with Gasteiger partial charge in [0, 0.05) is 31.4 Å². The molecule has 2 fully saturated rings. The maximum absolute atomic E-state index is 11.9. The summed E-state index contributed by atoms with van der Waals surface area (Å²) in [5.74, 6) is 2.33. The lowest BCUT2D eigenvalue weighted by Crippen LogP contribution is -2.42. The quantitative estimate of drug-likeness (QED) is 0.681. The van der Waals surface area contributed by atoms with E-state index < -0.39 is 10.0 Å². The third kappa shape index (κ3) is 2.24. The number of thioether (sulfide) groups is 1. The van der Waals surface area contributed by atoms with Crippen LogP contribution in [-0.2, 0) is 10.0 Å². The number of nitrogens with zero attached hydrogens (tertiary/aromatic N) is 1. The molecule has 0 aromatic carbocycles. The lowest BCUT2D eigenvalue weighted by Gasteiger charge is -2.25. The third-order valence-electron chi connectivity index (χ3n) is 2.72. The Kier molecular flexibility index (Phi) is 3.36. The van der Waals surface area contributed by atoms with Crippen LogP contribution in [0, 0.1) is 0 Å². The zero-order valence-corrected chi connectivity index (χ0v) is 9.74. The minimum Gasteiger partial charge on any atom is -0.314 e. The number of rotatable bonds is 1. The summed E-state index contributed by atoms with van der Waals surface area (Å²) in [4.78, 5) is 0. The first-order chi connectivity index (χ1) is 6.70. The van der Waals surface area contributed by atoms with Crippen LogP contribution in [0.1, 0.15) is 6.42 Å². The van der Waals surface area contributed by atoms with E-state index in [4.69, 9.17) is 0 Å². The molecule has 2 aliphatic heterocycles. The number of hydrogen-bond donors (Lipinski definition) is 1. The largest absolute Gasteiger partial charge is 0.314 e. The molecule has 0 bridgehead atoms. The van der Waals surface area contributed by atoms with Gasteiger partial charge in [0.25, 0.3) is 0 Å². The molecular weight excluding hydrogens is 220 g/mol. The van der Waals surface area contributed by atoms with Crippen LogP contribution in [0.3, 0.4) is 0 Å². The standard InChI is InChI=1S/C8H16N2O2S2/c11-14(12)6-3-9-2-4-10(14)8-1-5-13-7-8/h8-9H,1-7H2. The maximum atomic E-state index is 11.9. The van der Waals surface area contributed by atoms with Crippen molar-refractivity contribution in [1.29, 1.82) is 0 Å². The summed E-state index contributed by atoms with van der Waals surface area (Å²) in [5.41, 5.74) is 0. The highest BCUT2D eigenvalue weighted by molar-refractivity contribution is 7.99. The first-order valence-electron chi connectivity index (χ1n) is 4.98. The van der Waals surface area contributed by atoms with Gasteiger partial charge in [0.15, 0.2) is 0 Å². The maximum Gasteiger partial charge on any atom is 0.215 e. The summed E-state index contributed by atoms with van der Waals surface area (Å²) in [6, 6.07) is 0.255. The van der Waals surface area contributed by atoms with E-state index in [-0.39, 0.29) is 11.8 Å². The lowest BCUT2D eigenvalue weighted by molar-refractivity contribution is 0.348.